The number of non-ortho nitro benzene ring substituents is 1. The quantitative estimate of drug-likeness (QED) is 0.323. The monoisotopic (exact) mass is 344 g/mol. The summed E-state index contributed by atoms with van der Waals surface area (Å²) in [7, 11) is 1.85. The normalized spacial score (nSPS) is 10.9. The zero-order valence-corrected chi connectivity index (χ0v) is 13.7. The summed E-state index contributed by atoms with van der Waals surface area (Å²) in [5.74, 6) is -0.298. The molecular weight excluding hydrogens is 332 g/mol. The first kappa shape index (κ1) is 15.6. The number of nitriles is 1. The molecule has 0 fully saturated rings. The van der Waals surface area contributed by atoms with Crippen LogP contribution in [0.4, 0.5) is 5.69 Å². The van der Waals surface area contributed by atoms with Crippen LogP contribution in [0.3, 0.4) is 0 Å². The van der Waals surface area contributed by atoms with E-state index in [1.807, 2.05) is 35.9 Å². The van der Waals surface area contributed by atoms with Crippen molar-refractivity contribution in [1.29, 1.82) is 5.26 Å². The van der Waals surface area contributed by atoms with Gasteiger partial charge in [-0.05, 0) is 30.3 Å². The number of imidazole rings is 1. The number of carbonyl (C=O) groups excluding carboxylic acids is 1. The highest BCUT2D eigenvalue weighted by Crippen LogP contribution is 2.27. The van der Waals surface area contributed by atoms with Crippen LogP contribution in [0.2, 0.25) is 0 Å². The number of ketones is 1. The molecular formula is C19H12N4O3. The molecule has 0 aliphatic carbocycles. The van der Waals surface area contributed by atoms with Gasteiger partial charge in [-0.25, -0.2) is 0 Å². The number of hydrogen-bond acceptors (Lipinski definition) is 4. The van der Waals surface area contributed by atoms with Gasteiger partial charge in [0.1, 0.15) is 11.7 Å². The Hall–Kier alpha value is -3.92. The average Bonchev–Trinajstić information content (AvgIpc) is 3.18. The summed E-state index contributed by atoms with van der Waals surface area (Å²) >= 11 is 0. The summed E-state index contributed by atoms with van der Waals surface area (Å²) in [6.45, 7) is 0. The van der Waals surface area contributed by atoms with Crippen LogP contribution in [0.25, 0.3) is 16.7 Å². The van der Waals surface area contributed by atoms with Gasteiger partial charge in [-0.2, -0.15) is 5.26 Å². The molecule has 4 aromatic rings. The van der Waals surface area contributed by atoms with Crippen LogP contribution >= 0.6 is 0 Å². The summed E-state index contributed by atoms with van der Waals surface area (Å²) in [5.41, 5.74) is 3.35. The molecule has 0 bridgehead atoms. The van der Waals surface area contributed by atoms with Gasteiger partial charge in [-0.1, -0.05) is 12.1 Å². The van der Waals surface area contributed by atoms with E-state index < -0.39 is 4.92 Å². The molecule has 2 heterocycles. The lowest BCUT2D eigenvalue weighted by Gasteiger charge is -2.01. The van der Waals surface area contributed by atoms with Crippen LogP contribution in [0.5, 0.6) is 0 Å². The fourth-order valence-corrected chi connectivity index (χ4v) is 3.26. The van der Waals surface area contributed by atoms with E-state index in [2.05, 4.69) is 6.07 Å². The minimum absolute atomic E-state index is 0.0790. The fourth-order valence-electron chi connectivity index (χ4n) is 3.26. The van der Waals surface area contributed by atoms with E-state index in [1.165, 1.54) is 24.3 Å². The van der Waals surface area contributed by atoms with Crippen molar-refractivity contribution < 1.29 is 9.72 Å². The van der Waals surface area contributed by atoms with Crippen molar-refractivity contribution in [2.24, 2.45) is 7.05 Å². The number of aromatic nitrogens is 2. The number of para-hydroxylation sites is 2. The number of benzene rings is 2. The molecule has 0 aliphatic heterocycles. The standard InChI is InChI=1S/C19H12N4O3/c1-21-15-4-2-3-5-16(15)22-17(10-13(11-20)19(21)22)18(24)12-6-8-14(9-7-12)23(25)26/h2-10H,1H3. The third-order valence-electron chi connectivity index (χ3n) is 4.47. The van der Waals surface area contributed by atoms with Gasteiger partial charge in [-0.3, -0.25) is 19.3 Å². The molecule has 4 rings (SSSR count). The molecule has 0 N–H and O–H groups in total. The van der Waals surface area contributed by atoms with Gasteiger partial charge < -0.3 is 4.57 Å². The first-order valence-corrected chi connectivity index (χ1v) is 7.81. The van der Waals surface area contributed by atoms with Crippen molar-refractivity contribution in [3.63, 3.8) is 0 Å². The number of nitrogens with zero attached hydrogens (tertiary/aromatic N) is 4. The fraction of sp³-hybridized carbons (Fsp3) is 0.0526. The van der Waals surface area contributed by atoms with Gasteiger partial charge in [0.25, 0.3) is 5.69 Å². The number of nitro benzene ring substituents is 1. The Kier molecular flexibility index (Phi) is 3.34. The largest absolute Gasteiger partial charge is 0.328 e. The van der Waals surface area contributed by atoms with E-state index in [9.17, 15) is 20.2 Å². The summed E-state index contributed by atoms with van der Waals surface area (Å²) < 4.78 is 3.64. The van der Waals surface area contributed by atoms with Gasteiger partial charge in [0, 0.05) is 24.7 Å². The number of rotatable bonds is 3. The Bertz CT molecular complexity index is 1240. The molecule has 126 valence electrons. The maximum absolute atomic E-state index is 13.0. The lowest BCUT2D eigenvalue weighted by molar-refractivity contribution is -0.384. The Morgan fingerprint density at radius 2 is 1.77 bits per heavy atom. The number of hydrogen-bond donors (Lipinski definition) is 0. The highest BCUT2D eigenvalue weighted by molar-refractivity contribution is 6.10. The molecule has 0 atom stereocenters. The molecule has 0 saturated heterocycles. The second-order valence-electron chi connectivity index (χ2n) is 5.89. The highest BCUT2D eigenvalue weighted by atomic mass is 16.6. The Morgan fingerprint density at radius 1 is 1.12 bits per heavy atom. The van der Waals surface area contributed by atoms with Crippen LogP contribution < -0.4 is 0 Å². The van der Waals surface area contributed by atoms with E-state index in [1.54, 1.807) is 10.5 Å². The first-order chi connectivity index (χ1) is 12.5. The molecule has 0 saturated carbocycles. The molecule has 7 heteroatoms. The van der Waals surface area contributed by atoms with Crippen LogP contribution in [0.1, 0.15) is 21.6 Å². The van der Waals surface area contributed by atoms with Crippen LogP contribution in [0.15, 0.2) is 54.6 Å². The Morgan fingerprint density at radius 3 is 2.38 bits per heavy atom. The minimum Gasteiger partial charge on any atom is -0.328 e. The van der Waals surface area contributed by atoms with Gasteiger partial charge in [0.15, 0.2) is 0 Å². The zero-order chi connectivity index (χ0) is 18.4. The number of aryl methyl sites for hydroxylation is 1. The van der Waals surface area contributed by atoms with E-state index in [4.69, 9.17) is 0 Å². The SMILES string of the molecule is Cn1c2ccccc2n2c(C(=O)c3ccc([N+](=O)[O-])cc3)cc(C#N)c12. The summed E-state index contributed by atoms with van der Waals surface area (Å²) in [6.07, 6.45) is 0. The molecule has 2 aromatic carbocycles. The maximum Gasteiger partial charge on any atom is 0.269 e. The van der Waals surface area contributed by atoms with E-state index >= 15 is 0 Å². The van der Waals surface area contributed by atoms with Crippen molar-refractivity contribution >= 4 is 28.2 Å². The van der Waals surface area contributed by atoms with Gasteiger partial charge >= 0.3 is 0 Å². The number of nitro groups is 1. The van der Waals surface area contributed by atoms with Crippen molar-refractivity contribution in [2.45, 2.75) is 0 Å². The van der Waals surface area contributed by atoms with Crippen LogP contribution in [0, 0.1) is 21.4 Å². The first-order valence-electron chi connectivity index (χ1n) is 7.81. The average molecular weight is 344 g/mol. The Labute approximate surface area is 147 Å². The molecule has 0 amide bonds. The van der Waals surface area contributed by atoms with Gasteiger partial charge in [0.05, 0.1) is 27.2 Å². The zero-order valence-electron chi connectivity index (χ0n) is 13.7. The minimum atomic E-state index is -0.512. The molecule has 2 aromatic heterocycles. The number of carbonyl (C=O) groups is 1. The van der Waals surface area contributed by atoms with E-state index in [0.717, 1.165) is 11.0 Å². The van der Waals surface area contributed by atoms with Crippen LogP contribution in [-0.2, 0) is 7.05 Å². The molecule has 7 nitrogen and oxygen atoms in total. The second-order valence-corrected chi connectivity index (χ2v) is 5.89. The molecule has 26 heavy (non-hydrogen) atoms. The maximum atomic E-state index is 13.0. The Balaban J connectivity index is 1.97. The third-order valence-corrected chi connectivity index (χ3v) is 4.47. The second kappa shape index (κ2) is 5.57. The van der Waals surface area contributed by atoms with Crippen LogP contribution in [-0.4, -0.2) is 19.7 Å². The summed E-state index contributed by atoms with van der Waals surface area (Å²) in [4.78, 5) is 23.3. The van der Waals surface area contributed by atoms with Crippen molar-refractivity contribution in [1.82, 2.24) is 8.97 Å². The van der Waals surface area contributed by atoms with E-state index in [0.29, 0.717) is 22.5 Å². The molecule has 0 aliphatic rings. The smallest absolute Gasteiger partial charge is 0.269 e. The van der Waals surface area contributed by atoms with Crippen molar-refractivity contribution in [3.05, 3.63) is 81.5 Å². The highest BCUT2D eigenvalue weighted by Gasteiger charge is 2.22. The summed E-state index contributed by atoms with van der Waals surface area (Å²) in [6, 6.07) is 16.7. The summed E-state index contributed by atoms with van der Waals surface area (Å²) in [5, 5.41) is 20.3. The van der Waals surface area contributed by atoms with Crippen molar-refractivity contribution in [2.75, 3.05) is 0 Å². The van der Waals surface area contributed by atoms with Crippen molar-refractivity contribution in [3.8, 4) is 6.07 Å². The molecule has 0 spiro atoms. The lowest BCUT2D eigenvalue weighted by atomic mass is 10.1. The molecule has 0 unspecified atom stereocenters. The van der Waals surface area contributed by atoms with Gasteiger partial charge in [-0.15, -0.1) is 0 Å². The van der Waals surface area contributed by atoms with Gasteiger partial charge in [0.2, 0.25) is 5.78 Å². The number of fused-ring (bicyclic) bond motifs is 3. The third kappa shape index (κ3) is 2.09. The predicted molar refractivity (Wildman–Crippen MR) is 95.1 cm³/mol. The predicted octanol–water partition coefficient (Wildman–Crippen LogP) is 3.44. The topological polar surface area (TPSA) is 93.3 Å². The van der Waals surface area contributed by atoms with E-state index in [-0.39, 0.29) is 11.5 Å². The lowest BCUT2D eigenvalue weighted by Crippen LogP contribution is -2.05. The molecule has 0 radical (unpaired) electrons.